The van der Waals surface area contributed by atoms with Gasteiger partial charge in [0.05, 0.1) is 5.02 Å². The molecule has 2 rings (SSSR count). The lowest BCUT2D eigenvalue weighted by Gasteiger charge is -2.09. The van der Waals surface area contributed by atoms with Crippen LogP contribution in [0, 0.1) is 6.92 Å². The Morgan fingerprint density at radius 1 is 1.32 bits per heavy atom. The summed E-state index contributed by atoms with van der Waals surface area (Å²) in [5.74, 6) is -0.795. The zero-order chi connectivity index (χ0) is 14.0. The Labute approximate surface area is 119 Å². The maximum absolute atomic E-state index is 11.1. The molecule has 0 spiro atoms. The minimum Gasteiger partial charge on any atom is -0.478 e. The number of aryl methyl sites for hydroxylation is 1. The number of carboxylic acid groups (broad SMARTS) is 1. The van der Waals surface area contributed by atoms with Crippen LogP contribution in [0.5, 0.6) is 11.6 Å². The van der Waals surface area contributed by atoms with Crippen LogP contribution in [0.15, 0.2) is 30.5 Å². The van der Waals surface area contributed by atoms with Crippen LogP contribution in [0.1, 0.15) is 15.9 Å². The predicted molar refractivity (Wildman–Crippen MR) is 72.5 cm³/mol. The lowest BCUT2D eigenvalue weighted by molar-refractivity contribution is 0.0694. The van der Waals surface area contributed by atoms with Crippen molar-refractivity contribution in [1.29, 1.82) is 0 Å². The molecule has 0 unspecified atom stereocenters. The number of nitrogens with zero attached hydrogens (tertiary/aromatic N) is 1. The molecule has 1 aromatic carbocycles. The fourth-order valence-corrected chi connectivity index (χ4v) is 1.90. The van der Waals surface area contributed by atoms with E-state index in [0.717, 1.165) is 5.56 Å². The number of halogens is 2. The van der Waals surface area contributed by atoms with Crippen LogP contribution in [0.4, 0.5) is 0 Å². The number of ether oxygens (including phenoxy) is 1. The molecule has 6 heteroatoms. The normalized spacial score (nSPS) is 10.3. The summed E-state index contributed by atoms with van der Waals surface area (Å²) in [5.41, 5.74) is 0.868. The van der Waals surface area contributed by atoms with Crippen molar-refractivity contribution in [3.63, 3.8) is 0 Å². The first-order valence-corrected chi connectivity index (χ1v) is 6.06. The summed E-state index contributed by atoms with van der Waals surface area (Å²) < 4.78 is 5.43. The molecule has 2 aromatic rings. The number of aromatic nitrogens is 1. The average molecular weight is 298 g/mol. The second kappa shape index (κ2) is 5.47. The Kier molecular flexibility index (Phi) is 3.93. The van der Waals surface area contributed by atoms with Gasteiger partial charge in [0.15, 0.2) is 0 Å². The van der Waals surface area contributed by atoms with E-state index in [0.29, 0.717) is 5.02 Å². The van der Waals surface area contributed by atoms with E-state index in [1.54, 1.807) is 19.1 Å². The van der Waals surface area contributed by atoms with Crippen LogP contribution in [-0.4, -0.2) is 16.1 Å². The lowest BCUT2D eigenvalue weighted by Crippen LogP contribution is -2.01. The number of carboxylic acids is 1. The molecule has 0 saturated carbocycles. The van der Waals surface area contributed by atoms with Gasteiger partial charge in [-0.15, -0.1) is 0 Å². The summed E-state index contributed by atoms with van der Waals surface area (Å²) in [6.45, 7) is 1.80. The van der Waals surface area contributed by atoms with Crippen LogP contribution in [0.3, 0.4) is 0 Å². The Hall–Kier alpha value is -1.78. The third-order valence-corrected chi connectivity index (χ3v) is 2.82. The fourth-order valence-electron chi connectivity index (χ4n) is 1.48. The number of hydrogen-bond donors (Lipinski definition) is 1. The minimum atomic E-state index is -1.08. The van der Waals surface area contributed by atoms with Gasteiger partial charge >= 0.3 is 5.97 Å². The van der Waals surface area contributed by atoms with E-state index in [1.807, 2.05) is 0 Å². The molecule has 1 N–H and O–H groups in total. The number of benzene rings is 1. The fraction of sp³-hybridized carbons (Fsp3) is 0.0769. The van der Waals surface area contributed by atoms with Crippen molar-refractivity contribution in [2.75, 3.05) is 0 Å². The SMILES string of the molecule is Cc1ccc(Oc2ncc(Cl)cc2Cl)c(C(=O)O)c1. The molecule has 4 nitrogen and oxygen atoms in total. The molecule has 0 radical (unpaired) electrons. The van der Waals surface area contributed by atoms with Crippen molar-refractivity contribution in [1.82, 2.24) is 4.98 Å². The maximum atomic E-state index is 11.1. The molecule has 0 aliphatic carbocycles. The molecule has 98 valence electrons. The smallest absolute Gasteiger partial charge is 0.339 e. The minimum absolute atomic E-state index is 0.0489. The number of hydrogen-bond acceptors (Lipinski definition) is 3. The van der Waals surface area contributed by atoms with Gasteiger partial charge in [0.2, 0.25) is 5.88 Å². The van der Waals surface area contributed by atoms with E-state index in [1.165, 1.54) is 18.3 Å². The monoisotopic (exact) mass is 297 g/mol. The summed E-state index contributed by atoms with van der Waals surface area (Å²) in [5, 5.41) is 9.71. The van der Waals surface area contributed by atoms with E-state index in [9.17, 15) is 4.79 Å². The van der Waals surface area contributed by atoms with Crippen LogP contribution in [0.2, 0.25) is 10.0 Å². The van der Waals surface area contributed by atoms with Crippen LogP contribution in [-0.2, 0) is 0 Å². The van der Waals surface area contributed by atoms with Crippen molar-refractivity contribution in [3.8, 4) is 11.6 Å². The van der Waals surface area contributed by atoms with Gasteiger partial charge in [-0.05, 0) is 25.1 Å². The quantitative estimate of drug-likeness (QED) is 0.923. The van der Waals surface area contributed by atoms with Crippen LogP contribution >= 0.6 is 23.2 Å². The zero-order valence-electron chi connectivity index (χ0n) is 9.85. The van der Waals surface area contributed by atoms with Crippen molar-refractivity contribution in [2.24, 2.45) is 0 Å². The summed E-state index contributed by atoms with van der Waals surface area (Å²) in [4.78, 5) is 15.1. The Balaban J connectivity index is 2.40. The van der Waals surface area contributed by atoms with Crippen molar-refractivity contribution in [2.45, 2.75) is 6.92 Å². The summed E-state index contributed by atoms with van der Waals surface area (Å²) in [6.07, 6.45) is 1.37. The van der Waals surface area contributed by atoms with Gasteiger partial charge in [0.25, 0.3) is 0 Å². The topological polar surface area (TPSA) is 59.4 Å². The van der Waals surface area contributed by atoms with E-state index in [4.69, 9.17) is 33.0 Å². The maximum Gasteiger partial charge on any atom is 0.339 e. The molecule has 0 atom stereocenters. The molecule has 0 saturated heterocycles. The van der Waals surface area contributed by atoms with Gasteiger partial charge < -0.3 is 9.84 Å². The van der Waals surface area contributed by atoms with Gasteiger partial charge in [-0.3, -0.25) is 0 Å². The molecular weight excluding hydrogens is 289 g/mol. The molecule has 0 fully saturated rings. The van der Waals surface area contributed by atoms with E-state index in [-0.39, 0.29) is 22.2 Å². The van der Waals surface area contributed by atoms with Crippen molar-refractivity contribution >= 4 is 29.2 Å². The molecule has 19 heavy (non-hydrogen) atoms. The molecule has 0 aliphatic heterocycles. The zero-order valence-corrected chi connectivity index (χ0v) is 11.4. The Morgan fingerprint density at radius 2 is 2.05 bits per heavy atom. The molecule has 1 aromatic heterocycles. The van der Waals surface area contributed by atoms with Crippen LogP contribution < -0.4 is 4.74 Å². The Bertz CT molecular complexity index is 644. The third-order valence-electron chi connectivity index (χ3n) is 2.35. The molecule has 1 heterocycles. The van der Waals surface area contributed by atoms with Gasteiger partial charge in [0, 0.05) is 6.20 Å². The number of aromatic carboxylic acids is 1. The largest absolute Gasteiger partial charge is 0.478 e. The predicted octanol–water partition coefficient (Wildman–Crippen LogP) is 4.19. The molecule has 0 amide bonds. The number of carbonyl (C=O) groups is 1. The van der Waals surface area contributed by atoms with Gasteiger partial charge in [-0.2, -0.15) is 0 Å². The third kappa shape index (κ3) is 3.16. The first-order chi connectivity index (χ1) is 8.97. The Morgan fingerprint density at radius 3 is 2.68 bits per heavy atom. The first-order valence-electron chi connectivity index (χ1n) is 5.30. The standard InChI is InChI=1S/C13H9Cl2NO3/c1-7-2-3-11(9(4-7)13(17)18)19-12-10(15)5-8(14)6-16-12/h2-6H,1H3,(H,17,18). The van der Waals surface area contributed by atoms with Gasteiger partial charge in [0.1, 0.15) is 16.3 Å². The molecule has 0 aliphatic rings. The summed E-state index contributed by atoms with van der Waals surface area (Å²) >= 11 is 11.6. The molecular formula is C13H9Cl2NO3. The van der Waals surface area contributed by atoms with E-state index in [2.05, 4.69) is 4.98 Å². The highest BCUT2D eigenvalue weighted by Crippen LogP contribution is 2.31. The number of rotatable bonds is 3. The lowest BCUT2D eigenvalue weighted by atomic mass is 10.1. The van der Waals surface area contributed by atoms with E-state index < -0.39 is 5.97 Å². The highest BCUT2D eigenvalue weighted by molar-refractivity contribution is 6.35. The summed E-state index contributed by atoms with van der Waals surface area (Å²) in [6, 6.07) is 6.29. The highest BCUT2D eigenvalue weighted by atomic mass is 35.5. The van der Waals surface area contributed by atoms with Crippen molar-refractivity contribution < 1.29 is 14.6 Å². The second-order valence-electron chi connectivity index (χ2n) is 3.85. The highest BCUT2D eigenvalue weighted by Gasteiger charge is 2.14. The van der Waals surface area contributed by atoms with Gasteiger partial charge in [-0.25, -0.2) is 9.78 Å². The van der Waals surface area contributed by atoms with Crippen molar-refractivity contribution in [3.05, 3.63) is 51.6 Å². The van der Waals surface area contributed by atoms with Gasteiger partial charge in [-0.1, -0.05) is 34.8 Å². The molecule has 0 bridgehead atoms. The first kappa shape index (κ1) is 13.6. The average Bonchev–Trinajstić information content (AvgIpc) is 2.34. The summed E-state index contributed by atoms with van der Waals surface area (Å²) in [7, 11) is 0. The second-order valence-corrected chi connectivity index (χ2v) is 4.69. The number of pyridine rings is 1. The van der Waals surface area contributed by atoms with E-state index >= 15 is 0 Å². The van der Waals surface area contributed by atoms with Crippen LogP contribution in [0.25, 0.3) is 0 Å².